The average Bonchev–Trinajstić information content (AvgIpc) is 2.27. The Morgan fingerprint density at radius 1 is 1.16 bits per heavy atom. The first-order chi connectivity index (χ1) is 9.02. The van der Waals surface area contributed by atoms with E-state index in [-0.39, 0.29) is 0 Å². The van der Waals surface area contributed by atoms with E-state index in [0.717, 1.165) is 12.1 Å². The molecule has 1 unspecified atom stereocenters. The third-order valence-electron chi connectivity index (χ3n) is 4.82. The maximum Gasteiger partial charge on any atom is 0.0354 e. The van der Waals surface area contributed by atoms with Gasteiger partial charge in [-0.05, 0) is 27.2 Å². The topological polar surface area (TPSA) is 18.5 Å². The van der Waals surface area contributed by atoms with E-state index in [4.69, 9.17) is 0 Å². The average molecular weight is 267 g/mol. The Kier molecular flexibility index (Phi) is 5.27. The Labute approximate surface area is 119 Å². The predicted molar refractivity (Wildman–Crippen MR) is 82.6 cm³/mol. The van der Waals surface area contributed by atoms with Gasteiger partial charge >= 0.3 is 0 Å². The molecule has 3 nitrogen and oxygen atoms in total. The summed E-state index contributed by atoms with van der Waals surface area (Å²) in [6, 6.07) is 1.60. The molecule has 1 atom stereocenters. The monoisotopic (exact) mass is 267 g/mol. The van der Waals surface area contributed by atoms with Crippen molar-refractivity contribution in [1.82, 2.24) is 15.1 Å². The van der Waals surface area contributed by atoms with Gasteiger partial charge in [0.05, 0.1) is 0 Å². The molecule has 3 heteroatoms. The van der Waals surface area contributed by atoms with E-state index in [1.54, 1.807) is 0 Å². The van der Waals surface area contributed by atoms with Gasteiger partial charge in [0.15, 0.2) is 0 Å². The summed E-state index contributed by atoms with van der Waals surface area (Å²) < 4.78 is 0. The minimum absolute atomic E-state index is 0.349. The lowest BCUT2D eigenvalue weighted by Crippen LogP contribution is -2.68. The van der Waals surface area contributed by atoms with Crippen molar-refractivity contribution in [2.45, 2.75) is 71.0 Å². The molecule has 2 aliphatic heterocycles. The molecule has 2 aliphatic rings. The first-order valence-corrected chi connectivity index (χ1v) is 8.24. The Morgan fingerprint density at radius 3 is 2.53 bits per heavy atom. The number of rotatable bonds is 5. The highest BCUT2D eigenvalue weighted by atomic mass is 15.4. The van der Waals surface area contributed by atoms with E-state index >= 15 is 0 Å². The van der Waals surface area contributed by atoms with Crippen molar-refractivity contribution in [3.8, 4) is 0 Å². The quantitative estimate of drug-likeness (QED) is 0.771. The van der Waals surface area contributed by atoms with Crippen molar-refractivity contribution >= 4 is 0 Å². The molecule has 2 fully saturated rings. The van der Waals surface area contributed by atoms with Crippen molar-refractivity contribution in [2.24, 2.45) is 0 Å². The molecule has 0 amide bonds. The molecule has 2 rings (SSSR count). The molecule has 0 aromatic rings. The second kappa shape index (κ2) is 6.55. The Bertz CT molecular complexity index is 266. The fourth-order valence-electron chi connectivity index (χ4n) is 3.37. The molecule has 0 aromatic carbocycles. The highest BCUT2D eigenvalue weighted by Gasteiger charge is 2.40. The van der Waals surface area contributed by atoms with Crippen molar-refractivity contribution in [3.63, 3.8) is 0 Å². The van der Waals surface area contributed by atoms with Gasteiger partial charge in [0, 0.05) is 50.3 Å². The Morgan fingerprint density at radius 2 is 1.89 bits per heavy atom. The van der Waals surface area contributed by atoms with Crippen LogP contribution >= 0.6 is 0 Å². The largest absolute Gasteiger partial charge is 0.314 e. The first-order valence-electron chi connectivity index (χ1n) is 8.24. The van der Waals surface area contributed by atoms with Crippen LogP contribution in [0.15, 0.2) is 0 Å². The van der Waals surface area contributed by atoms with Gasteiger partial charge in [-0.25, -0.2) is 0 Å². The number of nitrogens with one attached hydrogen (secondary N) is 1. The standard InChI is InChI=1S/C16H33N3/c1-5-6-7-8-14-11-17-9-10-19(14)15-12-18(13-15)16(2,3)4/h14-15,17H,5-13H2,1-4H3. The van der Waals surface area contributed by atoms with Crippen LogP contribution in [0.1, 0.15) is 53.4 Å². The summed E-state index contributed by atoms with van der Waals surface area (Å²) in [5.41, 5.74) is 0.349. The molecular weight excluding hydrogens is 234 g/mol. The summed E-state index contributed by atoms with van der Waals surface area (Å²) in [5.74, 6) is 0. The lowest BCUT2D eigenvalue weighted by molar-refractivity contribution is -0.0460. The van der Waals surface area contributed by atoms with Gasteiger partial charge in [0.25, 0.3) is 0 Å². The molecule has 0 spiro atoms. The van der Waals surface area contributed by atoms with Crippen LogP contribution in [-0.4, -0.2) is 60.1 Å². The molecule has 2 saturated heterocycles. The molecule has 19 heavy (non-hydrogen) atoms. The van der Waals surface area contributed by atoms with Gasteiger partial charge in [0.1, 0.15) is 0 Å². The van der Waals surface area contributed by atoms with Crippen LogP contribution in [0, 0.1) is 0 Å². The molecule has 0 radical (unpaired) electrons. The van der Waals surface area contributed by atoms with E-state index in [1.165, 1.54) is 58.4 Å². The van der Waals surface area contributed by atoms with E-state index in [9.17, 15) is 0 Å². The van der Waals surface area contributed by atoms with Crippen LogP contribution in [0.2, 0.25) is 0 Å². The van der Waals surface area contributed by atoms with Crippen LogP contribution in [0.4, 0.5) is 0 Å². The van der Waals surface area contributed by atoms with Crippen molar-refractivity contribution in [1.29, 1.82) is 0 Å². The fraction of sp³-hybridized carbons (Fsp3) is 1.00. The molecule has 0 aliphatic carbocycles. The number of hydrogen-bond donors (Lipinski definition) is 1. The van der Waals surface area contributed by atoms with E-state index in [2.05, 4.69) is 42.8 Å². The highest BCUT2D eigenvalue weighted by molar-refractivity contribution is 4.97. The normalized spacial score (nSPS) is 27.5. The predicted octanol–water partition coefficient (Wildman–Crippen LogP) is 2.32. The molecule has 2 heterocycles. The first kappa shape index (κ1) is 15.3. The summed E-state index contributed by atoms with van der Waals surface area (Å²) in [7, 11) is 0. The van der Waals surface area contributed by atoms with Crippen molar-refractivity contribution < 1.29 is 0 Å². The highest BCUT2D eigenvalue weighted by Crippen LogP contribution is 2.27. The summed E-state index contributed by atoms with van der Waals surface area (Å²) in [4.78, 5) is 5.41. The summed E-state index contributed by atoms with van der Waals surface area (Å²) in [6.45, 7) is 15.5. The zero-order valence-electron chi connectivity index (χ0n) is 13.4. The number of unbranched alkanes of at least 4 members (excludes halogenated alkanes) is 2. The van der Waals surface area contributed by atoms with E-state index in [1.807, 2.05) is 0 Å². The van der Waals surface area contributed by atoms with Crippen LogP contribution in [-0.2, 0) is 0 Å². The van der Waals surface area contributed by atoms with Gasteiger partial charge in [-0.3, -0.25) is 9.80 Å². The van der Waals surface area contributed by atoms with Crippen LogP contribution < -0.4 is 5.32 Å². The van der Waals surface area contributed by atoms with Gasteiger partial charge in [-0.2, -0.15) is 0 Å². The van der Waals surface area contributed by atoms with Crippen molar-refractivity contribution in [2.75, 3.05) is 32.7 Å². The fourth-order valence-corrected chi connectivity index (χ4v) is 3.37. The zero-order valence-corrected chi connectivity index (χ0v) is 13.4. The Hall–Kier alpha value is -0.120. The molecular formula is C16H33N3. The smallest absolute Gasteiger partial charge is 0.0354 e. The van der Waals surface area contributed by atoms with Gasteiger partial charge < -0.3 is 5.32 Å². The van der Waals surface area contributed by atoms with Gasteiger partial charge in [-0.1, -0.05) is 26.2 Å². The van der Waals surface area contributed by atoms with E-state index < -0.39 is 0 Å². The Balaban J connectivity index is 1.80. The third kappa shape index (κ3) is 3.93. The lowest BCUT2D eigenvalue weighted by Gasteiger charge is -2.54. The molecule has 0 saturated carbocycles. The number of likely N-dealkylation sites (tertiary alicyclic amines) is 1. The second-order valence-corrected chi connectivity index (χ2v) is 7.32. The van der Waals surface area contributed by atoms with Crippen LogP contribution in [0.5, 0.6) is 0 Å². The molecule has 0 aromatic heterocycles. The summed E-state index contributed by atoms with van der Waals surface area (Å²) >= 11 is 0. The van der Waals surface area contributed by atoms with Gasteiger partial charge in [0.2, 0.25) is 0 Å². The lowest BCUT2D eigenvalue weighted by atomic mass is 9.94. The summed E-state index contributed by atoms with van der Waals surface area (Å²) in [6.07, 6.45) is 5.51. The second-order valence-electron chi connectivity index (χ2n) is 7.32. The number of hydrogen-bond acceptors (Lipinski definition) is 3. The minimum atomic E-state index is 0.349. The van der Waals surface area contributed by atoms with Crippen molar-refractivity contribution in [3.05, 3.63) is 0 Å². The number of piperazine rings is 1. The molecule has 112 valence electrons. The third-order valence-corrected chi connectivity index (χ3v) is 4.82. The maximum atomic E-state index is 3.58. The van der Waals surface area contributed by atoms with Crippen LogP contribution in [0.3, 0.4) is 0 Å². The SMILES string of the molecule is CCCCCC1CNCCN1C1CN(C(C)(C)C)C1. The molecule has 0 bridgehead atoms. The summed E-state index contributed by atoms with van der Waals surface area (Å²) in [5, 5.41) is 3.58. The van der Waals surface area contributed by atoms with E-state index in [0.29, 0.717) is 5.54 Å². The minimum Gasteiger partial charge on any atom is -0.314 e. The van der Waals surface area contributed by atoms with Gasteiger partial charge in [-0.15, -0.1) is 0 Å². The molecule has 1 N–H and O–H groups in total. The zero-order chi connectivity index (χ0) is 13.9. The van der Waals surface area contributed by atoms with Crippen LogP contribution in [0.25, 0.3) is 0 Å². The maximum absolute atomic E-state index is 3.58. The number of nitrogens with zero attached hydrogens (tertiary/aromatic N) is 2.